The lowest BCUT2D eigenvalue weighted by Crippen LogP contribution is -2.16. The van der Waals surface area contributed by atoms with Crippen LogP contribution in [-0.4, -0.2) is 16.2 Å². The van der Waals surface area contributed by atoms with E-state index in [1.165, 1.54) is 49.5 Å². The molecule has 0 bridgehead atoms. The van der Waals surface area contributed by atoms with Crippen molar-refractivity contribution >= 4 is 10.9 Å². The Morgan fingerprint density at radius 3 is 2.62 bits per heavy atom. The van der Waals surface area contributed by atoms with Gasteiger partial charge in [-0.2, -0.15) is 0 Å². The molecule has 1 aliphatic rings. The van der Waals surface area contributed by atoms with Crippen molar-refractivity contribution < 1.29 is 5.11 Å². The molecule has 1 saturated carbocycles. The molecule has 0 saturated heterocycles. The highest BCUT2D eigenvalue weighted by Crippen LogP contribution is 2.28. The largest absolute Gasteiger partial charge is 0.393 e. The van der Waals surface area contributed by atoms with E-state index in [9.17, 15) is 5.11 Å². The zero-order valence-corrected chi connectivity index (χ0v) is 12.7. The predicted molar refractivity (Wildman–Crippen MR) is 87.3 cm³/mol. The van der Waals surface area contributed by atoms with Crippen LogP contribution in [0, 0.1) is 5.92 Å². The summed E-state index contributed by atoms with van der Waals surface area (Å²) in [7, 11) is 0. The van der Waals surface area contributed by atoms with Crippen LogP contribution in [0.15, 0.2) is 36.5 Å². The van der Waals surface area contributed by atoms with E-state index in [2.05, 4.69) is 17.1 Å². The molecule has 1 aromatic heterocycles. The molecule has 0 spiro atoms. The lowest BCUT2D eigenvalue weighted by Gasteiger charge is -2.19. The third-order valence-corrected chi connectivity index (χ3v) is 4.78. The van der Waals surface area contributed by atoms with E-state index in [0.29, 0.717) is 0 Å². The number of aromatic nitrogens is 1. The van der Waals surface area contributed by atoms with Crippen LogP contribution in [0.3, 0.4) is 0 Å². The summed E-state index contributed by atoms with van der Waals surface area (Å²) in [5.74, 6) is 0.718. The molecule has 1 aliphatic carbocycles. The second kappa shape index (κ2) is 7.04. The highest BCUT2D eigenvalue weighted by atomic mass is 16.3. The van der Waals surface area contributed by atoms with E-state index in [0.717, 1.165) is 24.3 Å². The maximum Gasteiger partial charge on any atom is 0.0704 e. The number of rotatable bonds is 4. The molecule has 2 aromatic rings. The van der Waals surface area contributed by atoms with Crippen molar-refractivity contribution in [2.45, 2.75) is 57.5 Å². The summed E-state index contributed by atoms with van der Waals surface area (Å²) in [5.41, 5.74) is 2.25. The minimum Gasteiger partial charge on any atom is -0.393 e. The Morgan fingerprint density at radius 1 is 1.05 bits per heavy atom. The highest BCUT2D eigenvalue weighted by Gasteiger charge is 2.17. The van der Waals surface area contributed by atoms with Gasteiger partial charge in [0.25, 0.3) is 0 Å². The Bertz CT molecular complexity index is 567. The maximum absolute atomic E-state index is 10.5. The number of hydrogen-bond donors (Lipinski definition) is 1. The van der Waals surface area contributed by atoms with Gasteiger partial charge in [-0.1, -0.05) is 56.7 Å². The Morgan fingerprint density at radius 2 is 1.81 bits per heavy atom. The van der Waals surface area contributed by atoms with Crippen LogP contribution >= 0.6 is 0 Å². The summed E-state index contributed by atoms with van der Waals surface area (Å²) >= 11 is 0. The highest BCUT2D eigenvalue weighted by molar-refractivity contribution is 5.81. The van der Waals surface area contributed by atoms with E-state index < -0.39 is 0 Å². The van der Waals surface area contributed by atoms with Crippen molar-refractivity contribution in [1.82, 2.24) is 4.98 Å². The Kier molecular flexibility index (Phi) is 4.87. The number of aliphatic hydroxyl groups is 1. The average molecular weight is 283 g/mol. The third kappa shape index (κ3) is 3.82. The molecule has 1 aromatic carbocycles. The van der Waals surface area contributed by atoms with Gasteiger partial charge in [0, 0.05) is 11.6 Å². The van der Waals surface area contributed by atoms with Crippen molar-refractivity contribution in [2.24, 2.45) is 5.92 Å². The zero-order valence-electron chi connectivity index (χ0n) is 12.7. The van der Waals surface area contributed by atoms with Gasteiger partial charge in [-0.15, -0.1) is 0 Å². The van der Waals surface area contributed by atoms with Crippen molar-refractivity contribution in [3.8, 4) is 0 Å². The first-order chi connectivity index (χ1) is 10.3. The quantitative estimate of drug-likeness (QED) is 0.838. The molecule has 1 unspecified atom stereocenters. The molecule has 2 nitrogen and oxygen atoms in total. The smallest absolute Gasteiger partial charge is 0.0704 e. The Balaban J connectivity index is 1.67. The lowest BCUT2D eigenvalue weighted by molar-refractivity contribution is 0.138. The van der Waals surface area contributed by atoms with E-state index >= 15 is 0 Å². The molecule has 2 heteroatoms. The van der Waals surface area contributed by atoms with E-state index in [1.54, 1.807) is 0 Å². The van der Waals surface area contributed by atoms with Gasteiger partial charge in [-0.3, -0.25) is 4.98 Å². The first-order valence-electron chi connectivity index (χ1n) is 8.33. The molecule has 1 atom stereocenters. The van der Waals surface area contributed by atoms with Crippen LogP contribution in [0.25, 0.3) is 10.9 Å². The molecule has 1 heterocycles. The van der Waals surface area contributed by atoms with Crippen LogP contribution in [0.4, 0.5) is 0 Å². The fourth-order valence-electron chi connectivity index (χ4n) is 3.65. The van der Waals surface area contributed by atoms with Gasteiger partial charge in [0.1, 0.15) is 0 Å². The molecule has 0 radical (unpaired) electrons. The number of aliphatic hydroxyl groups excluding tert-OH is 1. The summed E-state index contributed by atoms with van der Waals surface area (Å²) < 4.78 is 0. The average Bonchev–Trinajstić information content (AvgIpc) is 2.76. The predicted octanol–water partition coefficient (Wildman–Crippen LogP) is 4.50. The third-order valence-electron chi connectivity index (χ3n) is 4.78. The minimum atomic E-state index is -0.223. The number of para-hydroxylation sites is 1. The van der Waals surface area contributed by atoms with Crippen LogP contribution < -0.4 is 0 Å². The molecular weight excluding hydrogens is 258 g/mol. The summed E-state index contributed by atoms with van der Waals surface area (Å²) in [4.78, 5) is 4.40. The molecule has 1 N–H and O–H groups in total. The molecule has 112 valence electrons. The molecular formula is C19H25NO. The van der Waals surface area contributed by atoms with Gasteiger partial charge in [0.2, 0.25) is 0 Å². The Hall–Kier alpha value is -1.41. The first-order valence-corrected chi connectivity index (χ1v) is 8.33. The monoisotopic (exact) mass is 283 g/mol. The van der Waals surface area contributed by atoms with Gasteiger partial charge in [0.05, 0.1) is 11.6 Å². The fourth-order valence-corrected chi connectivity index (χ4v) is 3.65. The second-order valence-electron chi connectivity index (χ2n) is 6.44. The van der Waals surface area contributed by atoms with Crippen molar-refractivity contribution in [3.63, 3.8) is 0 Å². The molecule has 21 heavy (non-hydrogen) atoms. The normalized spacial score (nSPS) is 18.5. The summed E-state index contributed by atoms with van der Waals surface area (Å²) in [6, 6.07) is 10.3. The summed E-state index contributed by atoms with van der Waals surface area (Å²) in [6.45, 7) is 0. The topological polar surface area (TPSA) is 33.1 Å². The molecule has 0 aliphatic heterocycles. The van der Waals surface area contributed by atoms with Gasteiger partial charge < -0.3 is 5.11 Å². The summed E-state index contributed by atoms with van der Waals surface area (Å²) in [5, 5.41) is 11.7. The van der Waals surface area contributed by atoms with E-state index in [-0.39, 0.29) is 6.10 Å². The Labute approximate surface area is 127 Å². The SMILES string of the molecule is OC(Cc1ccnc2ccccc12)CC1CCCCCC1. The van der Waals surface area contributed by atoms with Gasteiger partial charge in [-0.05, 0) is 36.5 Å². The van der Waals surface area contributed by atoms with Crippen LogP contribution in [0.5, 0.6) is 0 Å². The number of nitrogens with zero attached hydrogens (tertiary/aromatic N) is 1. The maximum atomic E-state index is 10.5. The summed E-state index contributed by atoms with van der Waals surface area (Å²) in [6.07, 6.45) is 11.4. The van der Waals surface area contributed by atoms with Gasteiger partial charge >= 0.3 is 0 Å². The number of fused-ring (bicyclic) bond motifs is 1. The number of pyridine rings is 1. The first kappa shape index (κ1) is 14.5. The molecule has 3 rings (SSSR count). The fraction of sp³-hybridized carbons (Fsp3) is 0.526. The minimum absolute atomic E-state index is 0.223. The van der Waals surface area contributed by atoms with Crippen LogP contribution in [-0.2, 0) is 6.42 Å². The van der Waals surface area contributed by atoms with E-state index in [1.807, 2.05) is 24.4 Å². The molecule has 1 fully saturated rings. The van der Waals surface area contributed by atoms with Crippen LogP contribution in [0.2, 0.25) is 0 Å². The van der Waals surface area contributed by atoms with Crippen molar-refractivity contribution in [3.05, 3.63) is 42.1 Å². The van der Waals surface area contributed by atoms with Crippen molar-refractivity contribution in [2.75, 3.05) is 0 Å². The zero-order chi connectivity index (χ0) is 14.5. The van der Waals surface area contributed by atoms with Gasteiger partial charge in [-0.25, -0.2) is 0 Å². The lowest BCUT2D eigenvalue weighted by atomic mass is 9.91. The van der Waals surface area contributed by atoms with Crippen molar-refractivity contribution in [1.29, 1.82) is 0 Å². The molecule has 0 amide bonds. The van der Waals surface area contributed by atoms with Gasteiger partial charge in [0.15, 0.2) is 0 Å². The second-order valence-corrected chi connectivity index (χ2v) is 6.44. The number of benzene rings is 1. The standard InChI is InChI=1S/C19H25NO/c21-17(13-15-7-3-1-2-4-8-15)14-16-11-12-20-19-10-6-5-9-18(16)19/h5-6,9-12,15,17,21H,1-4,7-8,13-14H2. The number of hydrogen-bond acceptors (Lipinski definition) is 2. The van der Waals surface area contributed by atoms with Crippen LogP contribution in [0.1, 0.15) is 50.5 Å². The van der Waals surface area contributed by atoms with E-state index in [4.69, 9.17) is 0 Å².